The largest absolute Gasteiger partial charge is 0.339 e. The molecule has 1 atom stereocenters. The zero-order valence-corrected chi connectivity index (χ0v) is 20.6. The first-order valence-corrected chi connectivity index (χ1v) is 13.2. The number of rotatable bonds is 7. The van der Waals surface area contributed by atoms with Gasteiger partial charge in [-0.15, -0.1) is 11.3 Å². The molecule has 1 aliphatic heterocycles. The maximum atomic E-state index is 13.1. The second kappa shape index (κ2) is 10.1. The van der Waals surface area contributed by atoms with Crippen LogP contribution in [0.2, 0.25) is 0 Å². The Balaban J connectivity index is 1.64. The minimum Gasteiger partial charge on any atom is -0.339 e. The molecule has 1 saturated heterocycles. The van der Waals surface area contributed by atoms with Gasteiger partial charge in [-0.2, -0.15) is 4.31 Å². The molecule has 1 fully saturated rings. The van der Waals surface area contributed by atoms with Crippen molar-refractivity contribution in [2.45, 2.75) is 44.6 Å². The number of carbonyl (C=O) groups excluding carboxylic acids is 2. The molecule has 2 aromatic rings. The van der Waals surface area contributed by atoms with Crippen LogP contribution in [0.3, 0.4) is 0 Å². The molecule has 0 spiro atoms. The summed E-state index contributed by atoms with van der Waals surface area (Å²) in [5.41, 5.74) is 1.09. The first-order valence-electron chi connectivity index (χ1n) is 10.8. The van der Waals surface area contributed by atoms with Gasteiger partial charge in [-0.05, 0) is 41.0 Å². The zero-order valence-electron chi connectivity index (χ0n) is 18.9. The number of piperazine rings is 1. The number of carbonyl (C=O) groups is 2. The van der Waals surface area contributed by atoms with Gasteiger partial charge >= 0.3 is 0 Å². The monoisotopic (exact) mass is 477 g/mol. The van der Waals surface area contributed by atoms with Crippen LogP contribution in [-0.4, -0.2) is 61.7 Å². The van der Waals surface area contributed by atoms with Crippen molar-refractivity contribution in [1.82, 2.24) is 14.5 Å². The fourth-order valence-corrected chi connectivity index (χ4v) is 5.70. The summed E-state index contributed by atoms with van der Waals surface area (Å²) in [6, 6.07) is 9.85. The number of benzene rings is 1. The number of amides is 2. The van der Waals surface area contributed by atoms with E-state index in [9.17, 15) is 18.0 Å². The number of thiophene rings is 1. The van der Waals surface area contributed by atoms with Crippen LogP contribution >= 0.6 is 11.3 Å². The van der Waals surface area contributed by atoms with Crippen LogP contribution in [0.5, 0.6) is 0 Å². The average Bonchev–Trinajstić information content (AvgIpc) is 3.32. The highest BCUT2D eigenvalue weighted by molar-refractivity contribution is 7.89. The van der Waals surface area contributed by atoms with E-state index in [-0.39, 0.29) is 35.7 Å². The second-order valence-corrected chi connectivity index (χ2v) is 11.5. The van der Waals surface area contributed by atoms with E-state index in [1.807, 2.05) is 31.4 Å². The number of sulfonamides is 1. The molecule has 32 heavy (non-hydrogen) atoms. The average molecular weight is 478 g/mol. The Hall–Kier alpha value is -2.23. The lowest BCUT2D eigenvalue weighted by Crippen LogP contribution is -2.57. The maximum Gasteiger partial charge on any atom is 0.262 e. The van der Waals surface area contributed by atoms with Crippen LogP contribution in [0.4, 0.5) is 0 Å². The first-order chi connectivity index (χ1) is 15.1. The first kappa shape index (κ1) is 24.4. The molecule has 9 heteroatoms. The molecule has 1 aliphatic rings. The quantitative estimate of drug-likeness (QED) is 0.664. The number of hydrogen-bond donors (Lipinski definition) is 1. The summed E-state index contributed by atoms with van der Waals surface area (Å²) in [4.78, 5) is 28.0. The summed E-state index contributed by atoms with van der Waals surface area (Å²) >= 11 is 1.32. The second-order valence-electron chi connectivity index (χ2n) is 8.63. The molecule has 1 aromatic heterocycles. The topological polar surface area (TPSA) is 86.8 Å². The maximum absolute atomic E-state index is 13.1. The van der Waals surface area contributed by atoms with E-state index < -0.39 is 16.1 Å². The Morgan fingerprint density at radius 1 is 0.969 bits per heavy atom. The van der Waals surface area contributed by atoms with Gasteiger partial charge in [-0.25, -0.2) is 8.42 Å². The molecule has 2 amide bonds. The molecule has 0 saturated carbocycles. The highest BCUT2D eigenvalue weighted by atomic mass is 32.2. The Kier molecular flexibility index (Phi) is 7.74. The van der Waals surface area contributed by atoms with Gasteiger partial charge in [0.05, 0.1) is 9.77 Å². The molecule has 174 valence electrons. The van der Waals surface area contributed by atoms with E-state index in [2.05, 4.69) is 19.2 Å². The van der Waals surface area contributed by atoms with Crippen molar-refractivity contribution in [3.63, 3.8) is 0 Å². The van der Waals surface area contributed by atoms with E-state index in [4.69, 9.17) is 0 Å². The molecule has 0 aliphatic carbocycles. The SMILES string of the molecule is CC(C)c1ccc(S(=O)(=O)N2CCN(C(=O)C(NC(=O)c3cccs3)C(C)C)CC2)cc1. The fraction of sp³-hybridized carbons (Fsp3) is 0.478. The number of nitrogens with zero attached hydrogens (tertiary/aromatic N) is 2. The zero-order chi connectivity index (χ0) is 23.5. The van der Waals surface area contributed by atoms with Gasteiger partial charge in [0.1, 0.15) is 6.04 Å². The van der Waals surface area contributed by atoms with Crippen molar-refractivity contribution >= 4 is 33.2 Å². The third-order valence-electron chi connectivity index (χ3n) is 5.70. The summed E-state index contributed by atoms with van der Waals surface area (Å²) in [5, 5.41) is 4.66. The lowest BCUT2D eigenvalue weighted by Gasteiger charge is -2.36. The van der Waals surface area contributed by atoms with Gasteiger partial charge in [0.15, 0.2) is 0 Å². The third-order valence-corrected chi connectivity index (χ3v) is 8.48. The van der Waals surface area contributed by atoms with Crippen molar-refractivity contribution in [1.29, 1.82) is 0 Å². The van der Waals surface area contributed by atoms with Crippen molar-refractivity contribution in [3.05, 3.63) is 52.2 Å². The Morgan fingerprint density at radius 2 is 1.59 bits per heavy atom. The summed E-state index contributed by atoms with van der Waals surface area (Å²) in [7, 11) is -3.61. The third kappa shape index (κ3) is 5.39. The minimum atomic E-state index is -3.61. The van der Waals surface area contributed by atoms with Crippen molar-refractivity contribution < 1.29 is 18.0 Å². The Bertz CT molecular complexity index is 1020. The molecule has 1 N–H and O–H groups in total. The van der Waals surface area contributed by atoms with Crippen LogP contribution in [0.1, 0.15) is 48.8 Å². The van der Waals surface area contributed by atoms with Gasteiger partial charge in [0.25, 0.3) is 5.91 Å². The highest BCUT2D eigenvalue weighted by Crippen LogP contribution is 2.22. The predicted octanol–water partition coefficient (Wildman–Crippen LogP) is 3.16. The van der Waals surface area contributed by atoms with E-state index in [1.165, 1.54) is 15.6 Å². The lowest BCUT2D eigenvalue weighted by molar-refractivity contribution is -0.135. The minimum absolute atomic E-state index is 0.0901. The summed E-state index contributed by atoms with van der Waals surface area (Å²) in [6.45, 7) is 8.94. The van der Waals surface area contributed by atoms with Gasteiger partial charge in [0.2, 0.25) is 15.9 Å². The van der Waals surface area contributed by atoms with Crippen LogP contribution in [0.25, 0.3) is 0 Å². The fourth-order valence-electron chi connectivity index (χ4n) is 3.65. The molecule has 7 nitrogen and oxygen atoms in total. The Morgan fingerprint density at radius 3 is 2.09 bits per heavy atom. The summed E-state index contributed by atoms with van der Waals surface area (Å²) in [5.74, 6) is -0.204. The molecule has 0 bridgehead atoms. The predicted molar refractivity (Wildman–Crippen MR) is 126 cm³/mol. The van der Waals surface area contributed by atoms with Crippen molar-refractivity contribution in [2.75, 3.05) is 26.2 Å². The smallest absolute Gasteiger partial charge is 0.262 e. The van der Waals surface area contributed by atoms with E-state index >= 15 is 0 Å². The normalized spacial score (nSPS) is 16.4. The van der Waals surface area contributed by atoms with E-state index in [0.29, 0.717) is 23.9 Å². The molecular weight excluding hydrogens is 446 g/mol. The van der Waals surface area contributed by atoms with Crippen molar-refractivity contribution in [2.24, 2.45) is 5.92 Å². The molecular formula is C23H31N3O4S2. The van der Waals surface area contributed by atoms with E-state index in [1.54, 1.807) is 29.2 Å². The van der Waals surface area contributed by atoms with Gasteiger partial charge in [-0.3, -0.25) is 9.59 Å². The highest BCUT2D eigenvalue weighted by Gasteiger charge is 2.34. The molecule has 2 heterocycles. The molecule has 1 unspecified atom stereocenters. The molecule has 1 aromatic carbocycles. The van der Waals surface area contributed by atoms with Gasteiger partial charge in [0, 0.05) is 26.2 Å². The molecule has 3 rings (SSSR count). The van der Waals surface area contributed by atoms with Crippen LogP contribution in [-0.2, 0) is 14.8 Å². The number of hydrogen-bond acceptors (Lipinski definition) is 5. The van der Waals surface area contributed by atoms with Crippen LogP contribution in [0, 0.1) is 5.92 Å². The van der Waals surface area contributed by atoms with Crippen molar-refractivity contribution in [3.8, 4) is 0 Å². The summed E-state index contributed by atoms with van der Waals surface area (Å²) in [6.07, 6.45) is 0. The Labute approximate surface area is 194 Å². The van der Waals surface area contributed by atoms with Crippen LogP contribution in [0.15, 0.2) is 46.7 Å². The van der Waals surface area contributed by atoms with Gasteiger partial charge < -0.3 is 10.2 Å². The van der Waals surface area contributed by atoms with E-state index in [0.717, 1.165) is 5.56 Å². The van der Waals surface area contributed by atoms with Gasteiger partial charge in [-0.1, -0.05) is 45.9 Å². The summed E-state index contributed by atoms with van der Waals surface area (Å²) < 4.78 is 27.5. The standard InChI is InChI=1S/C23H31N3O4S2/c1-16(2)18-7-9-19(10-8-18)32(29,30)26-13-11-25(12-14-26)23(28)21(17(3)4)24-22(27)20-6-5-15-31-20/h5-10,15-17,21H,11-14H2,1-4H3,(H,24,27). The molecule has 0 radical (unpaired) electrons. The van der Waals surface area contributed by atoms with Crippen LogP contribution < -0.4 is 5.32 Å². The lowest BCUT2D eigenvalue weighted by atomic mass is 10.0. The number of nitrogens with one attached hydrogen (secondary N) is 1.